The Morgan fingerprint density at radius 1 is 1.41 bits per heavy atom. The number of tetrazole rings is 1. The molecule has 90 valence electrons. The minimum absolute atomic E-state index is 0.268. The summed E-state index contributed by atoms with van der Waals surface area (Å²) < 4.78 is 2.96. The van der Waals surface area contributed by atoms with E-state index in [1.807, 2.05) is 20.9 Å². The highest BCUT2D eigenvalue weighted by molar-refractivity contribution is 5.68. The van der Waals surface area contributed by atoms with Crippen LogP contribution in [0.15, 0.2) is 0 Å². The van der Waals surface area contributed by atoms with Crippen LogP contribution >= 0.6 is 0 Å². The fourth-order valence-electron chi connectivity index (χ4n) is 1.72. The third kappa shape index (κ3) is 1.88. The summed E-state index contributed by atoms with van der Waals surface area (Å²) in [6.07, 6.45) is 0. The van der Waals surface area contributed by atoms with Crippen molar-refractivity contribution in [2.24, 2.45) is 7.05 Å². The maximum Gasteiger partial charge on any atom is 0.325 e. The van der Waals surface area contributed by atoms with E-state index in [1.165, 1.54) is 4.68 Å². The van der Waals surface area contributed by atoms with Gasteiger partial charge in [0, 0.05) is 12.7 Å². The molecule has 2 aromatic heterocycles. The molecule has 0 aliphatic heterocycles. The molecule has 8 heteroatoms. The van der Waals surface area contributed by atoms with Gasteiger partial charge in [-0.2, -0.15) is 5.10 Å². The Bertz CT molecular complexity index is 570. The molecule has 2 rings (SSSR count). The number of hydrogen-bond acceptors (Lipinski definition) is 5. The van der Waals surface area contributed by atoms with Crippen LogP contribution in [-0.2, 0) is 18.4 Å². The van der Waals surface area contributed by atoms with Crippen LogP contribution in [0, 0.1) is 13.8 Å². The van der Waals surface area contributed by atoms with Crippen molar-refractivity contribution in [3.05, 3.63) is 11.4 Å². The Kier molecular flexibility index (Phi) is 2.62. The van der Waals surface area contributed by atoms with E-state index in [4.69, 9.17) is 5.11 Å². The lowest BCUT2D eigenvalue weighted by Crippen LogP contribution is -2.12. The molecule has 0 aliphatic carbocycles. The van der Waals surface area contributed by atoms with Gasteiger partial charge >= 0.3 is 5.97 Å². The van der Waals surface area contributed by atoms with Gasteiger partial charge in [0.25, 0.3) is 0 Å². The third-order valence-corrected chi connectivity index (χ3v) is 2.55. The molecule has 0 aliphatic rings. The third-order valence-electron chi connectivity index (χ3n) is 2.55. The minimum Gasteiger partial charge on any atom is -0.480 e. The number of aromatic nitrogens is 6. The van der Waals surface area contributed by atoms with Crippen molar-refractivity contribution < 1.29 is 9.90 Å². The van der Waals surface area contributed by atoms with E-state index in [9.17, 15) is 4.79 Å². The number of carboxylic acid groups (broad SMARTS) is 1. The smallest absolute Gasteiger partial charge is 0.325 e. The van der Waals surface area contributed by atoms with Crippen molar-refractivity contribution in [3.63, 3.8) is 0 Å². The van der Waals surface area contributed by atoms with E-state index < -0.39 is 5.97 Å². The van der Waals surface area contributed by atoms with Crippen LogP contribution in [0.3, 0.4) is 0 Å². The van der Waals surface area contributed by atoms with Gasteiger partial charge in [-0.1, -0.05) is 0 Å². The molecule has 0 bridgehead atoms. The van der Waals surface area contributed by atoms with Crippen LogP contribution < -0.4 is 0 Å². The van der Waals surface area contributed by atoms with Gasteiger partial charge in [-0.25, -0.2) is 4.68 Å². The second-order valence-corrected chi connectivity index (χ2v) is 3.72. The number of aryl methyl sites for hydroxylation is 2. The molecule has 0 fully saturated rings. The summed E-state index contributed by atoms with van der Waals surface area (Å²) >= 11 is 0. The predicted octanol–water partition coefficient (Wildman–Crippen LogP) is -0.225. The molecular formula is C9H12N6O2. The lowest BCUT2D eigenvalue weighted by Gasteiger charge is -2.01. The van der Waals surface area contributed by atoms with Crippen molar-refractivity contribution in [1.82, 2.24) is 30.0 Å². The molecule has 0 amide bonds. The Hall–Kier alpha value is -2.25. The van der Waals surface area contributed by atoms with Crippen LogP contribution in [0.2, 0.25) is 0 Å². The Balaban J connectivity index is 2.53. The van der Waals surface area contributed by atoms with Gasteiger partial charge in [-0.05, 0) is 24.3 Å². The summed E-state index contributed by atoms with van der Waals surface area (Å²) in [6.45, 7) is 3.45. The van der Waals surface area contributed by atoms with E-state index >= 15 is 0 Å². The molecular weight excluding hydrogens is 224 g/mol. The maximum absolute atomic E-state index is 10.7. The molecule has 1 N–H and O–H groups in total. The first kappa shape index (κ1) is 11.2. The summed E-state index contributed by atoms with van der Waals surface area (Å²) in [7, 11) is 1.82. The summed E-state index contributed by atoms with van der Waals surface area (Å²) in [5.74, 6) is -0.562. The van der Waals surface area contributed by atoms with Crippen LogP contribution in [-0.4, -0.2) is 41.1 Å². The SMILES string of the molecule is Cc1nn(C)c(C)c1-c1nnnn1CC(=O)O. The van der Waals surface area contributed by atoms with Crippen LogP contribution in [0.1, 0.15) is 11.4 Å². The number of carboxylic acids is 1. The molecule has 0 atom stereocenters. The molecule has 0 radical (unpaired) electrons. The van der Waals surface area contributed by atoms with Gasteiger partial charge in [-0.15, -0.1) is 5.10 Å². The van der Waals surface area contributed by atoms with Crippen molar-refractivity contribution in [2.75, 3.05) is 0 Å². The largest absolute Gasteiger partial charge is 0.480 e. The fourth-order valence-corrected chi connectivity index (χ4v) is 1.72. The summed E-state index contributed by atoms with van der Waals surface area (Å²) in [5.41, 5.74) is 2.44. The van der Waals surface area contributed by atoms with Crippen LogP contribution in [0.4, 0.5) is 0 Å². The topological polar surface area (TPSA) is 98.7 Å². The van der Waals surface area contributed by atoms with Gasteiger partial charge in [-0.3, -0.25) is 9.48 Å². The molecule has 2 heterocycles. The zero-order valence-corrected chi connectivity index (χ0v) is 9.75. The Labute approximate surface area is 96.9 Å². The Morgan fingerprint density at radius 3 is 2.65 bits per heavy atom. The van der Waals surface area contributed by atoms with Gasteiger partial charge in [0.05, 0.1) is 11.3 Å². The van der Waals surface area contributed by atoms with E-state index in [0.29, 0.717) is 5.82 Å². The molecule has 0 saturated heterocycles. The lowest BCUT2D eigenvalue weighted by molar-refractivity contribution is -0.137. The van der Waals surface area contributed by atoms with Gasteiger partial charge < -0.3 is 5.11 Å². The first-order valence-electron chi connectivity index (χ1n) is 4.99. The number of aliphatic carboxylic acids is 1. The first-order valence-corrected chi connectivity index (χ1v) is 4.99. The van der Waals surface area contributed by atoms with Crippen molar-refractivity contribution in [1.29, 1.82) is 0 Å². The Morgan fingerprint density at radius 2 is 2.12 bits per heavy atom. The summed E-state index contributed by atoms with van der Waals surface area (Å²) in [5, 5.41) is 24.0. The van der Waals surface area contributed by atoms with Gasteiger partial charge in [0.15, 0.2) is 5.82 Å². The molecule has 0 spiro atoms. The molecule has 0 aromatic carbocycles. The minimum atomic E-state index is -0.988. The zero-order valence-electron chi connectivity index (χ0n) is 9.75. The van der Waals surface area contributed by atoms with Gasteiger partial charge in [0.2, 0.25) is 0 Å². The highest BCUT2D eigenvalue weighted by atomic mass is 16.4. The average molecular weight is 236 g/mol. The van der Waals surface area contributed by atoms with Crippen LogP contribution in [0.5, 0.6) is 0 Å². The van der Waals surface area contributed by atoms with E-state index in [0.717, 1.165) is 17.0 Å². The van der Waals surface area contributed by atoms with Crippen molar-refractivity contribution in [3.8, 4) is 11.4 Å². The van der Waals surface area contributed by atoms with E-state index in [2.05, 4.69) is 20.6 Å². The van der Waals surface area contributed by atoms with Crippen LogP contribution in [0.25, 0.3) is 11.4 Å². The second-order valence-electron chi connectivity index (χ2n) is 3.72. The van der Waals surface area contributed by atoms with Crippen molar-refractivity contribution in [2.45, 2.75) is 20.4 Å². The normalized spacial score (nSPS) is 10.8. The van der Waals surface area contributed by atoms with Gasteiger partial charge in [0.1, 0.15) is 6.54 Å². The van der Waals surface area contributed by atoms with E-state index in [-0.39, 0.29) is 6.54 Å². The highest BCUT2D eigenvalue weighted by Crippen LogP contribution is 2.23. The summed E-state index contributed by atoms with van der Waals surface area (Å²) in [6, 6.07) is 0. The molecule has 0 saturated carbocycles. The number of carbonyl (C=O) groups is 1. The number of nitrogens with zero attached hydrogens (tertiary/aromatic N) is 6. The lowest BCUT2D eigenvalue weighted by atomic mass is 10.2. The highest BCUT2D eigenvalue weighted by Gasteiger charge is 2.19. The fraction of sp³-hybridized carbons (Fsp3) is 0.444. The standard InChI is InChI=1S/C9H12N6O2/c1-5-8(6(2)14(3)11-5)9-10-12-13-15(9)4-7(16)17/h4H2,1-3H3,(H,16,17). The monoisotopic (exact) mass is 236 g/mol. The maximum atomic E-state index is 10.7. The molecule has 17 heavy (non-hydrogen) atoms. The second kappa shape index (κ2) is 3.96. The number of hydrogen-bond donors (Lipinski definition) is 1. The first-order chi connectivity index (χ1) is 8.00. The summed E-state index contributed by atoms with van der Waals surface area (Å²) in [4.78, 5) is 10.7. The molecule has 0 unspecified atom stereocenters. The molecule has 2 aromatic rings. The predicted molar refractivity (Wildman–Crippen MR) is 57.1 cm³/mol. The molecule has 8 nitrogen and oxygen atoms in total. The van der Waals surface area contributed by atoms with E-state index in [1.54, 1.807) is 4.68 Å². The number of rotatable bonds is 3. The quantitative estimate of drug-likeness (QED) is 0.790. The average Bonchev–Trinajstić information content (AvgIpc) is 2.73. The van der Waals surface area contributed by atoms with Crippen molar-refractivity contribution >= 4 is 5.97 Å². The zero-order chi connectivity index (χ0) is 12.6.